The molecule has 112 valence electrons. The van der Waals surface area contributed by atoms with Crippen LogP contribution in [0, 0.1) is 5.92 Å². The third-order valence-corrected chi connectivity index (χ3v) is 6.26. The van der Waals surface area contributed by atoms with Crippen molar-refractivity contribution in [2.24, 2.45) is 5.92 Å². The molecule has 0 aromatic rings. The van der Waals surface area contributed by atoms with Gasteiger partial charge in [-0.05, 0) is 65.2 Å². The lowest BCUT2D eigenvalue weighted by atomic mass is 9.76. The normalized spacial score (nSPS) is 24.4. The summed E-state index contributed by atoms with van der Waals surface area (Å²) in [5.74, 6) is 0.605. The minimum Gasteiger partial charge on any atom is -0.317 e. The molecule has 1 saturated heterocycles. The van der Waals surface area contributed by atoms with Crippen LogP contribution in [0.1, 0.15) is 32.1 Å². The second-order valence-electron chi connectivity index (χ2n) is 6.27. The maximum absolute atomic E-state index is 12.2. The van der Waals surface area contributed by atoms with Crippen LogP contribution >= 0.6 is 0 Å². The van der Waals surface area contributed by atoms with Crippen LogP contribution in [0.15, 0.2) is 0 Å². The van der Waals surface area contributed by atoms with Crippen molar-refractivity contribution in [2.75, 3.05) is 39.5 Å². The van der Waals surface area contributed by atoms with E-state index in [0.717, 1.165) is 38.8 Å². The smallest absolute Gasteiger partial charge is 0.211 e. The Labute approximate surface area is 117 Å². The van der Waals surface area contributed by atoms with Crippen molar-refractivity contribution in [1.29, 1.82) is 0 Å². The highest BCUT2D eigenvalue weighted by molar-refractivity contribution is 7.89. The molecule has 0 radical (unpaired) electrons. The van der Waals surface area contributed by atoms with Crippen molar-refractivity contribution in [3.05, 3.63) is 0 Å². The van der Waals surface area contributed by atoms with Crippen LogP contribution in [0.4, 0.5) is 0 Å². The van der Waals surface area contributed by atoms with Gasteiger partial charge in [-0.3, -0.25) is 0 Å². The summed E-state index contributed by atoms with van der Waals surface area (Å²) in [7, 11) is 0.955. The SMILES string of the molecule is CN(C)C1(CNS(=O)(=O)CC2CCNCC2)CCC1. The monoisotopic (exact) mass is 289 g/mol. The molecule has 2 aliphatic rings. The average Bonchev–Trinajstić information content (AvgIpc) is 2.27. The first kappa shape index (κ1) is 15.2. The molecule has 5 nitrogen and oxygen atoms in total. The van der Waals surface area contributed by atoms with Gasteiger partial charge < -0.3 is 10.2 Å². The van der Waals surface area contributed by atoms with Crippen LogP contribution in [0.5, 0.6) is 0 Å². The minimum atomic E-state index is -3.13. The van der Waals surface area contributed by atoms with Gasteiger partial charge in [-0.1, -0.05) is 0 Å². The molecule has 1 heterocycles. The van der Waals surface area contributed by atoms with Gasteiger partial charge in [-0.2, -0.15) is 0 Å². The van der Waals surface area contributed by atoms with Gasteiger partial charge in [0.05, 0.1) is 5.75 Å². The Kier molecular flexibility index (Phi) is 4.87. The van der Waals surface area contributed by atoms with E-state index < -0.39 is 10.0 Å². The molecule has 2 rings (SSSR count). The van der Waals surface area contributed by atoms with Gasteiger partial charge >= 0.3 is 0 Å². The molecule has 19 heavy (non-hydrogen) atoms. The number of hydrogen-bond acceptors (Lipinski definition) is 4. The highest BCUT2D eigenvalue weighted by Gasteiger charge is 2.39. The van der Waals surface area contributed by atoms with E-state index in [2.05, 4.69) is 14.9 Å². The van der Waals surface area contributed by atoms with Gasteiger partial charge in [0.25, 0.3) is 0 Å². The number of rotatable bonds is 6. The predicted octanol–water partition coefficient (Wildman–Crippen LogP) is 0.390. The molecule has 1 aliphatic heterocycles. The van der Waals surface area contributed by atoms with Crippen molar-refractivity contribution in [3.63, 3.8) is 0 Å². The molecular formula is C13H27N3O2S. The van der Waals surface area contributed by atoms with E-state index in [9.17, 15) is 8.42 Å². The standard InChI is InChI=1S/C13H27N3O2S/c1-16(2)13(6-3-7-13)11-15-19(17,18)10-12-4-8-14-9-5-12/h12,14-15H,3-11H2,1-2H3. The number of nitrogens with one attached hydrogen (secondary N) is 2. The van der Waals surface area contributed by atoms with E-state index in [-0.39, 0.29) is 11.3 Å². The summed E-state index contributed by atoms with van der Waals surface area (Å²) in [6.07, 6.45) is 5.33. The zero-order valence-electron chi connectivity index (χ0n) is 12.1. The van der Waals surface area contributed by atoms with Gasteiger partial charge in [0.15, 0.2) is 0 Å². The first-order valence-corrected chi connectivity index (χ1v) is 8.94. The van der Waals surface area contributed by atoms with Crippen molar-refractivity contribution in [1.82, 2.24) is 14.9 Å². The minimum absolute atomic E-state index is 0.0567. The molecule has 0 amide bonds. The molecular weight excluding hydrogens is 262 g/mol. The van der Waals surface area contributed by atoms with E-state index in [0.29, 0.717) is 12.5 Å². The fraction of sp³-hybridized carbons (Fsp3) is 1.00. The fourth-order valence-electron chi connectivity index (χ4n) is 3.03. The molecule has 2 fully saturated rings. The molecule has 1 aliphatic carbocycles. The second-order valence-corrected chi connectivity index (χ2v) is 8.12. The summed E-state index contributed by atoms with van der Waals surface area (Å²) in [6.45, 7) is 2.46. The molecule has 0 bridgehead atoms. The van der Waals surface area contributed by atoms with Gasteiger partial charge in [0, 0.05) is 12.1 Å². The number of piperidine rings is 1. The Hall–Kier alpha value is -0.170. The lowest BCUT2D eigenvalue weighted by Crippen LogP contribution is -2.57. The van der Waals surface area contributed by atoms with Gasteiger partial charge in [-0.25, -0.2) is 13.1 Å². The van der Waals surface area contributed by atoms with Crippen molar-refractivity contribution in [2.45, 2.75) is 37.6 Å². The lowest BCUT2D eigenvalue weighted by Gasteiger charge is -2.47. The van der Waals surface area contributed by atoms with Gasteiger partial charge in [0.2, 0.25) is 10.0 Å². The molecule has 0 unspecified atom stereocenters. The lowest BCUT2D eigenvalue weighted by molar-refractivity contribution is 0.0656. The summed E-state index contributed by atoms with van der Waals surface area (Å²) in [5, 5.41) is 3.27. The molecule has 1 saturated carbocycles. The van der Waals surface area contributed by atoms with Crippen LogP contribution in [0.2, 0.25) is 0 Å². The Morgan fingerprint density at radius 2 is 1.89 bits per heavy atom. The Bertz CT molecular complexity index is 385. The predicted molar refractivity (Wildman–Crippen MR) is 77.7 cm³/mol. The maximum atomic E-state index is 12.2. The van der Waals surface area contributed by atoms with Gasteiger partial charge in [0.1, 0.15) is 0 Å². The summed E-state index contributed by atoms with van der Waals surface area (Å²) in [4.78, 5) is 2.17. The Morgan fingerprint density at radius 3 is 2.37 bits per heavy atom. The first-order chi connectivity index (χ1) is 8.94. The topological polar surface area (TPSA) is 61.4 Å². The second kappa shape index (κ2) is 6.08. The molecule has 0 spiro atoms. The van der Waals surface area contributed by atoms with Crippen LogP contribution in [0.25, 0.3) is 0 Å². The number of likely N-dealkylation sites (N-methyl/N-ethyl adjacent to an activating group) is 1. The Balaban J connectivity index is 1.83. The summed E-state index contributed by atoms with van der Waals surface area (Å²) in [5.41, 5.74) is 0.0567. The number of nitrogens with zero attached hydrogens (tertiary/aromatic N) is 1. The Morgan fingerprint density at radius 1 is 1.26 bits per heavy atom. The van der Waals surface area contributed by atoms with Crippen LogP contribution in [-0.4, -0.2) is 58.3 Å². The molecule has 2 N–H and O–H groups in total. The van der Waals surface area contributed by atoms with Crippen molar-refractivity contribution < 1.29 is 8.42 Å². The van der Waals surface area contributed by atoms with Crippen LogP contribution < -0.4 is 10.0 Å². The quantitative estimate of drug-likeness (QED) is 0.742. The number of hydrogen-bond donors (Lipinski definition) is 2. The molecule has 0 atom stereocenters. The van der Waals surface area contributed by atoms with E-state index in [4.69, 9.17) is 0 Å². The largest absolute Gasteiger partial charge is 0.317 e. The summed E-state index contributed by atoms with van der Waals surface area (Å²) >= 11 is 0. The highest BCUT2D eigenvalue weighted by atomic mass is 32.2. The van der Waals surface area contributed by atoms with E-state index in [1.54, 1.807) is 0 Å². The summed E-state index contributed by atoms with van der Waals surface area (Å²) < 4.78 is 27.2. The highest BCUT2D eigenvalue weighted by Crippen LogP contribution is 2.35. The third-order valence-electron chi connectivity index (χ3n) is 4.77. The first-order valence-electron chi connectivity index (χ1n) is 7.29. The molecule has 6 heteroatoms. The molecule has 0 aromatic carbocycles. The molecule has 0 aromatic heterocycles. The van der Waals surface area contributed by atoms with E-state index in [1.165, 1.54) is 6.42 Å². The third kappa shape index (κ3) is 3.90. The van der Waals surface area contributed by atoms with E-state index >= 15 is 0 Å². The van der Waals surface area contributed by atoms with Crippen LogP contribution in [0.3, 0.4) is 0 Å². The van der Waals surface area contributed by atoms with Crippen molar-refractivity contribution in [3.8, 4) is 0 Å². The number of sulfonamides is 1. The van der Waals surface area contributed by atoms with E-state index in [1.807, 2.05) is 14.1 Å². The maximum Gasteiger partial charge on any atom is 0.211 e. The summed E-state index contributed by atoms with van der Waals surface area (Å²) in [6, 6.07) is 0. The van der Waals surface area contributed by atoms with Crippen LogP contribution in [-0.2, 0) is 10.0 Å². The average molecular weight is 289 g/mol. The fourth-order valence-corrected chi connectivity index (χ4v) is 4.59. The zero-order chi connectivity index (χ0) is 13.9. The zero-order valence-corrected chi connectivity index (χ0v) is 12.9. The van der Waals surface area contributed by atoms with Gasteiger partial charge in [-0.15, -0.1) is 0 Å². The van der Waals surface area contributed by atoms with Crippen molar-refractivity contribution >= 4 is 10.0 Å².